The van der Waals surface area contributed by atoms with Gasteiger partial charge < -0.3 is 24.8 Å². The number of amides is 1. The monoisotopic (exact) mass is 606 g/mol. The molecule has 9 heteroatoms. The minimum atomic E-state index is -0.567. The Morgan fingerprint density at radius 1 is 0.930 bits per heavy atom. The van der Waals surface area contributed by atoms with Gasteiger partial charge in [-0.1, -0.05) is 39.3 Å². The average Bonchev–Trinajstić information content (AvgIpc) is 2.90. The van der Waals surface area contributed by atoms with E-state index >= 15 is 0 Å². The molecular formula is C34H39ClN2O6. The van der Waals surface area contributed by atoms with E-state index in [1.54, 1.807) is 43.5 Å². The molecule has 0 aromatic heterocycles. The van der Waals surface area contributed by atoms with E-state index in [-0.39, 0.29) is 45.7 Å². The van der Waals surface area contributed by atoms with Crippen LogP contribution in [0.5, 0.6) is 17.2 Å². The van der Waals surface area contributed by atoms with Crippen molar-refractivity contribution < 1.29 is 28.6 Å². The standard InChI is InChI=1S/C34H39ClN2O6/c1-7-42-27-13-19(12-22(35)32(27)43-18-28(40)36-20-8-10-21(41-6)11-9-20)29-30-23(14-33(2,3)16-25(30)38)37-24-15-34(4,5)17-26(39)31(24)29/h8-13,29,37H,7,14-18H2,1-6H3,(H,36,40). The van der Waals surface area contributed by atoms with E-state index in [0.29, 0.717) is 66.2 Å². The zero-order valence-corrected chi connectivity index (χ0v) is 26.4. The molecule has 0 saturated heterocycles. The van der Waals surface area contributed by atoms with Crippen molar-refractivity contribution in [1.29, 1.82) is 0 Å². The van der Waals surface area contributed by atoms with Crippen molar-refractivity contribution >= 4 is 34.8 Å². The third-order valence-corrected chi connectivity index (χ3v) is 8.39. The van der Waals surface area contributed by atoms with Gasteiger partial charge in [0, 0.05) is 47.0 Å². The molecule has 5 rings (SSSR count). The quantitative estimate of drug-likeness (QED) is 0.343. The Hall–Kier alpha value is -3.78. The summed E-state index contributed by atoms with van der Waals surface area (Å²) in [5.41, 5.74) is 3.89. The highest BCUT2D eigenvalue weighted by Gasteiger charge is 2.46. The molecule has 0 unspecified atom stereocenters. The lowest BCUT2D eigenvalue weighted by molar-refractivity contribution is -0.119. The van der Waals surface area contributed by atoms with Crippen LogP contribution in [0.2, 0.25) is 5.02 Å². The maximum atomic E-state index is 13.7. The van der Waals surface area contributed by atoms with Gasteiger partial charge in [0.2, 0.25) is 0 Å². The Bertz CT molecular complexity index is 1480. The Labute approximate surface area is 257 Å². The first-order chi connectivity index (χ1) is 20.3. The van der Waals surface area contributed by atoms with E-state index in [2.05, 4.69) is 38.3 Å². The van der Waals surface area contributed by atoms with Gasteiger partial charge in [-0.15, -0.1) is 0 Å². The molecule has 0 radical (unpaired) electrons. The van der Waals surface area contributed by atoms with Gasteiger partial charge >= 0.3 is 0 Å². The molecule has 2 aliphatic carbocycles. The highest BCUT2D eigenvalue weighted by atomic mass is 35.5. The molecule has 8 nitrogen and oxygen atoms in total. The van der Waals surface area contributed by atoms with E-state index in [1.165, 1.54) is 0 Å². The molecule has 0 fully saturated rings. The van der Waals surface area contributed by atoms with Crippen molar-refractivity contribution in [2.75, 3.05) is 25.6 Å². The van der Waals surface area contributed by atoms with E-state index < -0.39 is 5.92 Å². The number of ether oxygens (including phenoxy) is 3. The Morgan fingerprint density at radius 3 is 2.05 bits per heavy atom. The Morgan fingerprint density at radius 2 is 1.51 bits per heavy atom. The summed E-state index contributed by atoms with van der Waals surface area (Å²) in [6.07, 6.45) is 2.19. The molecule has 0 spiro atoms. The van der Waals surface area contributed by atoms with Crippen LogP contribution in [0.25, 0.3) is 0 Å². The van der Waals surface area contributed by atoms with Crippen LogP contribution in [0.15, 0.2) is 58.9 Å². The van der Waals surface area contributed by atoms with E-state index in [1.807, 2.05) is 6.92 Å². The first-order valence-corrected chi connectivity index (χ1v) is 15.0. The number of hydrogen-bond acceptors (Lipinski definition) is 7. The number of dihydropyridines is 1. The molecule has 0 bridgehead atoms. The maximum absolute atomic E-state index is 13.7. The summed E-state index contributed by atoms with van der Waals surface area (Å²) in [6, 6.07) is 10.5. The predicted molar refractivity (Wildman–Crippen MR) is 166 cm³/mol. The van der Waals surface area contributed by atoms with Gasteiger partial charge in [0.15, 0.2) is 29.7 Å². The molecule has 2 N–H and O–H groups in total. The third-order valence-electron chi connectivity index (χ3n) is 8.11. The number of carbonyl (C=O) groups excluding carboxylic acids is 3. The van der Waals surface area contributed by atoms with Gasteiger partial charge in [-0.3, -0.25) is 14.4 Å². The Kier molecular flexibility index (Phi) is 8.36. The van der Waals surface area contributed by atoms with Crippen molar-refractivity contribution in [3.63, 3.8) is 0 Å². The fourth-order valence-corrected chi connectivity index (χ4v) is 6.66. The number of carbonyl (C=O) groups is 3. The minimum Gasteiger partial charge on any atom is -0.497 e. The lowest BCUT2D eigenvalue weighted by atomic mass is 9.64. The molecule has 1 amide bonds. The smallest absolute Gasteiger partial charge is 0.262 e. The minimum absolute atomic E-state index is 0.0255. The van der Waals surface area contributed by atoms with Crippen LogP contribution in [0.3, 0.4) is 0 Å². The number of halogens is 1. The first-order valence-electron chi connectivity index (χ1n) is 14.6. The van der Waals surface area contributed by atoms with Gasteiger partial charge in [0.25, 0.3) is 5.91 Å². The summed E-state index contributed by atoms with van der Waals surface area (Å²) < 4.78 is 17.0. The molecule has 1 aliphatic heterocycles. The number of hydrogen-bond donors (Lipinski definition) is 2. The molecule has 2 aromatic rings. The van der Waals surface area contributed by atoms with Crippen molar-refractivity contribution in [1.82, 2.24) is 5.32 Å². The van der Waals surface area contributed by atoms with Crippen molar-refractivity contribution in [3.05, 3.63) is 69.5 Å². The third kappa shape index (κ3) is 6.44. The van der Waals surface area contributed by atoms with Gasteiger partial charge in [0.1, 0.15) is 5.75 Å². The zero-order chi connectivity index (χ0) is 31.1. The number of ketones is 2. The highest BCUT2D eigenvalue weighted by molar-refractivity contribution is 6.32. The van der Waals surface area contributed by atoms with Crippen LogP contribution in [-0.2, 0) is 14.4 Å². The molecular weight excluding hydrogens is 568 g/mol. The van der Waals surface area contributed by atoms with Gasteiger partial charge in [-0.05, 0) is 72.6 Å². The van der Waals surface area contributed by atoms with E-state index in [9.17, 15) is 14.4 Å². The second-order valence-electron chi connectivity index (χ2n) is 13.1. The number of nitrogens with one attached hydrogen (secondary N) is 2. The lowest BCUT2D eigenvalue weighted by Crippen LogP contribution is -2.42. The summed E-state index contributed by atoms with van der Waals surface area (Å²) in [6.45, 7) is 10.2. The highest BCUT2D eigenvalue weighted by Crippen LogP contribution is 2.52. The van der Waals surface area contributed by atoms with Crippen molar-refractivity contribution in [2.45, 2.75) is 66.2 Å². The summed E-state index contributed by atoms with van der Waals surface area (Å²) in [4.78, 5) is 40.1. The predicted octanol–water partition coefficient (Wildman–Crippen LogP) is 6.74. The van der Waals surface area contributed by atoms with Crippen LogP contribution in [0.1, 0.15) is 71.8 Å². The summed E-state index contributed by atoms with van der Waals surface area (Å²) >= 11 is 6.81. The molecule has 3 aliphatic rings. The number of Topliss-reactive ketones (excluding diaryl/α,β-unsaturated/α-hetero) is 2. The fourth-order valence-electron chi connectivity index (χ4n) is 6.39. The van der Waals surface area contributed by atoms with Crippen LogP contribution < -0.4 is 24.8 Å². The lowest BCUT2D eigenvalue weighted by Gasteiger charge is -2.44. The second kappa shape index (κ2) is 11.7. The Balaban J connectivity index is 1.49. The number of benzene rings is 2. The summed E-state index contributed by atoms with van der Waals surface area (Å²) in [5.74, 6) is 0.359. The van der Waals surface area contributed by atoms with Crippen LogP contribution >= 0.6 is 11.6 Å². The summed E-state index contributed by atoms with van der Waals surface area (Å²) in [7, 11) is 1.57. The van der Waals surface area contributed by atoms with Gasteiger partial charge in [-0.2, -0.15) is 0 Å². The number of rotatable bonds is 8. The van der Waals surface area contributed by atoms with E-state index in [0.717, 1.165) is 11.4 Å². The second-order valence-corrected chi connectivity index (χ2v) is 13.5. The van der Waals surface area contributed by atoms with Crippen molar-refractivity contribution in [2.24, 2.45) is 10.8 Å². The number of allylic oxidation sites excluding steroid dienone is 4. The van der Waals surface area contributed by atoms with Crippen LogP contribution in [0, 0.1) is 10.8 Å². The molecule has 0 atom stereocenters. The van der Waals surface area contributed by atoms with Gasteiger partial charge in [0.05, 0.1) is 18.7 Å². The zero-order valence-electron chi connectivity index (χ0n) is 25.6. The number of methoxy groups -OCH3 is 1. The molecule has 43 heavy (non-hydrogen) atoms. The first kappa shape index (κ1) is 30.7. The molecule has 0 saturated carbocycles. The van der Waals surface area contributed by atoms with Crippen LogP contribution in [-0.4, -0.2) is 37.8 Å². The SMILES string of the molecule is CCOc1cc(C2C3=C(CC(C)(C)CC3=O)NC3=C2C(=O)CC(C)(C)C3)cc(Cl)c1OCC(=O)Nc1ccc(OC)cc1. The average molecular weight is 607 g/mol. The molecule has 228 valence electrons. The normalized spacial score (nSPS) is 19.3. The van der Waals surface area contributed by atoms with E-state index in [4.69, 9.17) is 25.8 Å². The fraction of sp³-hybridized carbons (Fsp3) is 0.441. The van der Waals surface area contributed by atoms with Crippen LogP contribution in [0.4, 0.5) is 5.69 Å². The largest absolute Gasteiger partial charge is 0.497 e. The molecule has 1 heterocycles. The topological polar surface area (TPSA) is 103 Å². The number of anilines is 1. The molecule has 2 aromatic carbocycles. The van der Waals surface area contributed by atoms with Gasteiger partial charge in [-0.25, -0.2) is 0 Å². The maximum Gasteiger partial charge on any atom is 0.262 e. The summed E-state index contributed by atoms with van der Waals surface area (Å²) in [5, 5.41) is 6.55. The van der Waals surface area contributed by atoms with Crippen molar-refractivity contribution in [3.8, 4) is 17.2 Å².